The van der Waals surface area contributed by atoms with E-state index in [0.717, 1.165) is 12.8 Å². The predicted octanol–water partition coefficient (Wildman–Crippen LogP) is 2.07. The first-order valence-corrected chi connectivity index (χ1v) is 6.32. The fraction of sp³-hybridized carbons (Fsp3) is 0.429. The Kier molecular flexibility index (Phi) is 5.85. The third kappa shape index (κ3) is 4.99. The van der Waals surface area contributed by atoms with E-state index in [0.29, 0.717) is 12.3 Å². The van der Waals surface area contributed by atoms with Gasteiger partial charge in [-0.15, -0.1) is 0 Å². The van der Waals surface area contributed by atoms with Crippen LogP contribution in [0.25, 0.3) is 0 Å². The zero-order valence-electron chi connectivity index (χ0n) is 11.2. The molecule has 1 unspecified atom stereocenters. The number of carbonyl (C=O) groups is 2. The lowest BCUT2D eigenvalue weighted by molar-refractivity contribution is -0.127. The van der Waals surface area contributed by atoms with Crippen molar-refractivity contribution < 1.29 is 19.4 Å². The molecule has 0 aromatic heterocycles. The van der Waals surface area contributed by atoms with Crippen molar-refractivity contribution in [1.82, 2.24) is 5.32 Å². The highest BCUT2D eigenvalue weighted by Crippen LogP contribution is 2.14. The Labute approximate surface area is 112 Å². The number of benzene rings is 1. The molecule has 1 atom stereocenters. The number of hydrogen-bond donors (Lipinski definition) is 2. The third-order valence-electron chi connectivity index (χ3n) is 2.61. The molecule has 1 amide bonds. The monoisotopic (exact) mass is 265 g/mol. The molecule has 0 radical (unpaired) electrons. The Morgan fingerprint density at radius 1 is 1.32 bits per heavy atom. The molecule has 0 bridgehead atoms. The molecule has 5 nitrogen and oxygen atoms in total. The molecule has 0 fully saturated rings. The molecule has 1 aromatic carbocycles. The summed E-state index contributed by atoms with van der Waals surface area (Å²) < 4.78 is 5.44. The lowest BCUT2D eigenvalue weighted by Crippen LogP contribution is -2.36. The van der Waals surface area contributed by atoms with Gasteiger partial charge in [0.1, 0.15) is 5.75 Å². The topological polar surface area (TPSA) is 75.6 Å². The van der Waals surface area contributed by atoms with Crippen molar-refractivity contribution in [2.75, 3.05) is 6.54 Å². The number of ether oxygens (including phenoxy) is 1. The summed E-state index contributed by atoms with van der Waals surface area (Å²) in [6.07, 6.45) is 1.35. The Balaban J connectivity index is 2.49. The van der Waals surface area contributed by atoms with E-state index in [1.54, 1.807) is 19.1 Å². The summed E-state index contributed by atoms with van der Waals surface area (Å²) in [5, 5.41) is 11.5. The van der Waals surface area contributed by atoms with Crippen molar-refractivity contribution in [3.8, 4) is 5.75 Å². The first kappa shape index (κ1) is 15.0. The van der Waals surface area contributed by atoms with Gasteiger partial charge in [-0.25, -0.2) is 4.79 Å². The van der Waals surface area contributed by atoms with Crippen LogP contribution < -0.4 is 10.1 Å². The highest BCUT2D eigenvalue weighted by molar-refractivity contribution is 5.87. The zero-order valence-corrected chi connectivity index (χ0v) is 11.2. The van der Waals surface area contributed by atoms with Crippen LogP contribution in [0.1, 0.15) is 37.0 Å². The molecule has 0 saturated heterocycles. The summed E-state index contributed by atoms with van der Waals surface area (Å²) in [5.74, 6) is -0.684. The number of aromatic carboxylic acids is 1. The standard InChI is InChI=1S/C14H19NO4/c1-3-4-9-15-13(16)10(2)19-12-7-5-11(6-8-12)14(17)18/h5-8,10H,3-4,9H2,1-2H3,(H,15,16)(H,17,18). The van der Waals surface area contributed by atoms with Gasteiger partial charge in [-0.3, -0.25) is 4.79 Å². The number of hydrogen-bond acceptors (Lipinski definition) is 3. The first-order valence-electron chi connectivity index (χ1n) is 6.32. The van der Waals surface area contributed by atoms with Crippen LogP contribution >= 0.6 is 0 Å². The molecule has 0 spiro atoms. The van der Waals surface area contributed by atoms with Crippen LogP contribution in [0.4, 0.5) is 0 Å². The van der Waals surface area contributed by atoms with Crippen molar-refractivity contribution in [3.05, 3.63) is 29.8 Å². The van der Waals surface area contributed by atoms with Crippen LogP contribution in [0.5, 0.6) is 5.75 Å². The van der Waals surface area contributed by atoms with Gasteiger partial charge in [0.05, 0.1) is 5.56 Å². The summed E-state index contributed by atoms with van der Waals surface area (Å²) in [4.78, 5) is 22.4. The average molecular weight is 265 g/mol. The van der Waals surface area contributed by atoms with Gasteiger partial charge in [0, 0.05) is 6.54 Å². The smallest absolute Gasteiger partial charge is 0.335 e. The van der Waals surface area contributed by atoms with Gasteiger partial charge in [0.15, 0.2) is 6.10 Å². The van der Waals surface area contributed by atoms with E-state index in [4.69, 9.17) is 9.84 Å². The van der Waals surface area contributed by atoms with Gasteiger partial charge in [-0.2, -0.15) is 0 Å². The molecule has 0 aliphatic heterocycles. The highest BCUT2D eigenvalue weighted by Gasteiger charge is 2.14. The molecule has 0 aliphatic carbocycles. The second-order valence-corrected chi connectivity index (χ2v) is 4.23. The summed E-state index contributed by atoms with van der Waals surface area (Å²) in [6.45, 7) is 4.35. The molecule has 0 heterocycles. The lowest BCUT2D eigenvalue weighted by atomic mass is 10.2. The molecular weight excluding hydrogens is 246 g/mol. The number of carbonyl (C=O) groups excluding carboxylic acids is 1. The SMILES string of the molecule is CCCCNC(=O)C(C)Oc1ccc(C(=O)O)cc1. The fourth-order valence-corrected chi connectivity index (χ4v) is 1.47. The van der Waals surface area contributed by atoms with Crippen molar-refractivity contribution in [2.45, 2.75) is 32.8 Å². The van der Waals surface area contributed by atoms with Gasteiger partial charge in [0.2, 0.25) is 0 Å². The summed E-state index contributed by atoms with van der Waals surface area (Å²) >= 11 is 0. The molecule has 1 aromatic rings. The maximum absolute atomic E-state index is 11.7. The van der Waals surface area contributed by atoms with E-state index >= 15 is 0 Å². The number of amides is 1. The van der Waals surface area contributed by atoms with E-state index < -0.39 is 12.1 Å². The zero-order chi connectivity index (χ0) is 14.3. The molecule has 104 valence electrons. The average Bonchev–Trinajstić information content (AvgIpc) is 2.39. The van der Waals surface area contributed by atoms with Crippen molar-refractivity contribution >= 4 is 11.9 Å². The van der Waals surface area contributed by atoms with Crippen LogP contribution in [0.2, 0.25) is 0 Å². The lowest BCUT2D eigenvalue weighted by Gasteiger charge is -2.14. The maximum Gasteiger partial charge on any atom is 0.335 e. The fourth-order valence-electron chi connectivity index (χ4n) is 1.47. The molecule has 2 N–H and O–H groups in total. The normalized spacial score (nSPS) is 11.7. The van der Waals surface area contributed by atoms with Crippen LogP contribution in [0.15, 0.2) is 24.3 Å². The maximum atomic E-state index is 11.7. The van der Waals surface area contributed by atoms with Crippen LogP contribution in [-0.4, -0.2) is 29.6 Å². The van der Waals surface area contributed by atoms with Crippen LogP contribution in [0.3, 0.4) is 0 Å². The minimum Gasteiger partial charge on any atom is -0.481 e. The van der Waals surface area contributed by atoms with Crippen molar-refractivity contribution in [2.24, 2.45) is 0 Å². The number of unbranched alkanes of at least 4 members (excludes halogenated alkanes) is 1. The predicted molar refractivity (Wildman–Crippen MR) is 71.4 cm³/mol. The molecule has 0 saturated carbocycles. The van der Waals surface area contributed by atoms with E-state index in [9.17, 15) is 9.59 Å². The van der Waals surface area contributed by atoms with Gasteiger partial charge in [-0.1, -0.05) is 13.3 Å². The molecule has 1 rings (SSSR count). The van der Waals surface area contributed by atoms with Crippen LogP contribution in [0, 0.1) is 0 Å². The van der Waals surface area contributed by atoms with Gasteiger partial charge in [-0.05, 0) is 37.6 Å². The first-order chi connectivity index (χ1) is 9.04. The Bertz CT molecular complexity index is 428. The summed E-state index contributed by atoms with van der Waals surface area (Å²) in [6, 6.07) is 5.97. The molecule has 0 aliphatic rings. The number of carboxylic acid groups (broad SMARTS) is 1. The van der Waals surface area contributed by atoms with E-state index in [1.165, 1.54) is 12.1 Å². The van der Waals surface area contributed by atoms with Crippen molar-refractivity contribution in [1.29, 1.82) is 0 Å². The van der Waals surface area contributed by atoms with Crippen molar-refractivity contribution in [3.63, 3.8) is 0 Å². The number of carboxylic acids is 1. The third-order valence-corrected chi connectivity index (χ3v) is 2.61. The quantitative estimate of drug-likeness (QED) is 0.740. The Hall–Kier alpha value is -2.04. The second-order valence-electron chi connectivity index (χ2n) is 4.23. The second kappa shape index (κ2) is 7.41. The Morgan fingerprint density at radius 3 is 2.47 bits per heavy atom. The number of nitrogens with one attached hydrogen (secondary N) is 1. The van der Waals surface area contributed by atoms with Gasteiger partial charge < -0.3 is 15.2 Å². The van der Waals surface area contributed by atoms with E-state index in [2.05, 4.69) is 12.2 Å². The van der Waals surface area contributed by atoms with E-state index in [1.807, 2.05) is 0 Å². The summed E-state index contributed by atoms with van der Waals surface area (Å²) in [5.41, 5.74) is 0.187. The number of rotatable bonds is 7. The summed E-state index contributed by atoms with van der Waals surface area (Å²) in [7, 11) is 0. The van der Waals surface area contributed by atoms with Gasteiger partial charge >= 0.3 is 5.97 Å². The van der Waals surface area contributed by atoms with E-state index in [-0.39, 0.29) is 11.5 Å². The molecule has 19 heavy (non-hydrogen) atoms. The largest absolute Gasteiger partial charge is 0.481 e. The highest BCUT2D eigenvalue weighted by atomic mass is 16.5. The minimum atomic E-state index is -0.989. The molecule has 5 heteroatoms. The van der Waals surface area contributed by atoms with Gasteiger partial charge in [0.25, 0.3) is 5.91 Å². The molecular formula is C14H19NO4. The minimum absolute atomic E-state index is 0.171. The van der Waals surface area contributed by atoms with Crippen LogP contribution in [-0.2, 0) is 4.79 Å². The Morgan fingerprint density at radius 2 is 1.95 bits per heavy atom.